The van der Waals surface area contributed by atoms with E-state index in [2.05, 4.69) is 15.6 Å². The normalized spacial score (nSPS) is 11.8. The average molecular weight is 402 g/mol. The molecule has 0 unspecified atom stereocenters. The number of aromatic nitrogens is 3. The highest BCUT2D eigenvalue weighted by atomic mass is 16.5. The van der Waals surface area contributed by atoms with Gasteiger partial charge in [0.25, 0.3) is 5.91 Å². The summed E-state index contributed by atoms with van der Waals surface area (Å²) in [6.45, 7) is 1.94. The Bertz CT molecular complexity index is 1160. The molecule has 30 heavy (non-hydrogen) atoms. The number of ether oxygens (including phenoxy) is 1. The lowest BCUT2D eigenvalue weighted by Gasteiger charge is -2.19. The first-order valence-electron chi connectivity index (χ1n) is 9.52. The molecule has 1 amide bonds. The molecule has 0 fully saturated rings. The molecule has 0 aliphatic heterocycles. The van der Waals surface area contributed by atoms with Gasteiger partial charge in [-0.05, 0) is 30.2 Å². The number of methoxy groups -OCH3 is 1. The maximum absolute atomic E-state index is 13.0. The standard InChI is InChI=1S/C23H22N4O3/c1-15-19(14-24-27(15)2)20-13-21(30-26-20)23(28)25-22(16-8-5-4-6-9-16)17-10-7-11-18(12-17)29-3/h4-14,22H,1-3H3,(H,25,28)/t22-/m0/s1. The van der Waals surface area contributed by atoms with Crippen molar-refractivity contribution in [2.45, 2.75) is 13.0 Å². The zero-order valence-electron chi connectivity index (χ0n) is 17.0. The van der Waals surface area contributed by atoms with Crippen LogP contribution in [-0.2, 0) is 7.05 Å². The largest absolute Gasteiger partial charge is 0.497 e. The number of carbonyl (C=O) groups is 1. The van der Waals surface area contributed by atoms with Crippen molar-refractivity contribution >= 4 is 5.91 Å². The Balaban J connectivity index is 1.63. The van der Waals surface area contributed by atoms with Crippen LogP contribution in [0.15, 0.2) is 71.4 Å². The predicted molar refractivity (Wildman–Crippen MR) is 112 cm³/mol. The van der Waals surface area contributed by atoms with Gasteiger partial charge < -0.3 is 14.6 Å². The summed E-state index contributed by atoms with van der Waals surface area (Å²) >= 11 is 0. The van der Waals surface area contributed by atoms with Gasteiger partial charge in [0.2, 0.25) is 5.76 Å². The quantitative estimate of drug-likeness (QED) is 0.529. The van der Waals surface area contributed by atoms with Crippen molar-refractivity contribution in [3.05, 3.63) is 89.4 Å². The van der Waals surface area contributed by atoms with E-state index in [1.165, 1.54) is 0 Å². The third-order valence-corrected chi connectivity index (χ3v) is 5.08. The van der Waals surface area contributed by atoms with Crippen LogP contribution in [0.25, 0.3) is 11.3 Å². The molecule has 2 aromatic carbocycles. The molecule has 0 aliphatic rings. The Hall–Kier alpha value is -3.87. The number of amides is 1. The van der Waals surface area contributed by atoms with Crippen molar-refractivity contribution in [3.8, 4) is 17.0 Å². The molecular weight excluding hydrogens is 380 g/mol. The number of rotatable bonds is 6. The Morgan fingerprint density at radius 1 is 1.10 bits per heavy atom. The van der Waals surface area contributed by atoms with Crippen LogP contribution in [0.2, 0.25) is 0 Å². The van der Waals surface area contributed by atoms with Gasteiger partial charge in [-0.3, -0.25) is 9.48 Å². The number of hydrogen-bond donors (Lipinski definition) is 1. The fraction of sp³-hybridized carbons (Fsp3) is 0.174. The summed E-state index contributed by atoms with van der Waals surface area (Å²) in [6, 6.07) is 18.6. The maximum Gasteiger partial charge on any atom is 0.290 e. The van der Waals surface area contributed by atoms with E-state index in [-0.39, 0.29) is 17.7 Å². The van der Waals surface area contributed by atoms with Gasteiger partial charge in [0.1, 0.15) is 11.4 Å². The molecule has 1 N–H and O–H groups in total. The van der Waals surface area contributed by atoms with Crippen LogP contribution >= 0.6 is 0 Å². The first-order chi connectivity index (χ1) is 14.6. The molecule has 0 spiro atoms. The molecular formula is C23H22N4O3. The van der Waals surface area contributed by atoms with E-state index in [1.54, 1.807) is 24.1 Å². The minimum atomic E-state index is -0.373. The van der Waals surface area contributed by atoms with E-state index in [0.29, 0.717) is 5.69 Å². The SMILES string of the molecule is COc1cccc([C@@H](NC(=O)c2cc(-c3cnn(C)c3C)no2)c2ccccc2)c1. The number of hydrogen-bond acceptors (Lipinski definition) is 5. The summed E-state index contributed by atoms with van der Waals surface area (Å²) in [6.07, 6.45) is 1.71. The summed E-state index contributed by atoms with van der Waals surface area (Å²) < 4.78 is 12.4. The molecule has 4 aromatic rings. The molecule has 4 rings (SSSR count). The molecule has 0 saturated carbocycles. The van der Waals surface area contributed by atoms with Gasteiger partial charge >= 0.3 is 0 Å². The molecule has 0 aliphatic carbocycles. The van der Waals surface area contributed by atoms with Gasteiger partial charge in [0.15, 0.2) is 0 Å². The Labute approximate surface area is 174 Å². The second kappa shape index (κ2) is 8.24. The van der Waals surface area contributed by atoms with E-state index >= 15 is 0 Å². The topological polar surface area (TPSA) is 82.2 Å². The number of aryl methyl sites for hydroxylation is 1. The number of nitrogens with zero attached hydrogens (tertiary/aromatic N) is 3. The van der Waals surface area contributed by atoms with Gasteiger partial charge in [0, 0.05) is 24.4 Å². The Kier molecular flexibility index (Phi) is 5.34. The smallest absolute Gasteiger partial charge is 0.290 e. The first kappa shape index (κ1) is 19.4. The van der Waals surface area contributed by atoms with Crippen LogP contribution < -0.4 is 10.1 Å². The van der Waals surface area contributed by atoms with E-state index in [0.717, 1.165) is 28.1 Å². The molecule has 0 radical (unpaired) electrons. The highest BCUT2D eigenvalue weighted by molar-refractivity contribution is 5.93. The predicted octanol–water partition coefficient (Wildman–Crippen LogP) is 3.91. The lowest BCUT2D eigenvalue weighted by atomic mass is 9.98. The van der Waals surface area contributed by atoms with Crippen molar-refractivity contribution in [1.82, 2.24) is 20.3 Å². The van der Waals surface area contributed by atoms with Gasteiger partial charge in [-0.2, -0.15) is 5.10 Å². The van der Waals surface area contributed by atoms with Gasteiger partial charge in [-0.15, -0.1) is 0 Å². The van der Waals surface area contributed by atoms with Crippen LogP contribution in [0.4, 0.5) is 0 Å². The third-order valence-electron chi connectivity index (χ3n) is 5.08. The monoisotopic (exact) mass is 402 g/mol. The second-order valence-electron chi connectivity index (χ2n) is 6.94. The highest BCUT2D eigenvalue weighted by Gasteiger charge is 2.22. The average Bonchev–Trinajstić information content (AvgIpc) is 3.39. The van der Waals surface area contributed by atoms with E-state index in [9.17, 15) is 4.79 Å². The van der Waals surface area contributed by atoms with Crippen LogP contribution in [0.1, 0.15) is 33.4 Å². The van der Waals surface area contributed by atoms with Crippen LogP contribution in [0.5, 0.6) is 5.75 Å². The van der Waals surface area contributed by atoms with Crippen LogP contribution in [0.3, 0.4) is 0 Å². The van der Waals surface area contributed by atoms with Crippen molar-refractivity contribution in [2.75, 3.05) is 7.11 Å². The fourth-order valence-electron chi connectivity index (χ4n) is 3.29. The lowest BCUT2D eigenvalue weighted by molar-refractivity contribution is 0.0906. The first-order valence-corrected chi connectivity index (χ1v) is 9.52. The maximum atomic E-state index is 13.0. The molecule has 2 aromatic heterocycles. The van der Waals surface area contributed by atoms with E-state index in [4.69, 9.17) is 9.26 Å². The summed E-state index contributed by atoms with van der Waals surface area (Å²) in [7, 11) is 3.47. The van der Waals surface area contributed by atoms with Crippen molar-refractivity contribution in [1.29, 1.82) is 0 Å². The number of nitrogens with one attached hydrogen (secondary N) is 1. The molecule has 0 saturated heterocycles. The van der Waals surface area contributed by atoms with Crippen LogP contribution in [0, 0.1) is 6.92 Å². The third kappa shape index (κ3) is 3.82. The van der Waals surface area contributed by atoms with Crippen molar-refractivity contribution in [2.24, 2.45) is 7.05 Å². The minimum absolute atomic E-state index is 0.136. The fourth-order valence-corrected chi connectivity index (χ4v) is 3.29. The Morgan fingerprint density at radius 3 is 2.57 bits per heavy atom. The van der Waals surface area contributed by atoms with Gasteiger partial charge in [-0.1, -0.05) is 47.6 Å². The van der Waals surface area contributed by atoms with Crippen molar-refractivity contribution < 1.29 is 14.1 Å². The summed E-state index contributed by atoms with van der Waals surface area (Å²) in [5, 5.41) is 11.3. The zero-order valence-corrected chi connectivity index (χ0v) is 17.0. The van der Waals surface area contributed by atoms with E-state index in [1.807, 2.05) is 68.6 Å². The lowest BCUT2D eigenvalue weighted by Crippen LogP contribution is -2.29. The number of benzene rings is 2. The molecule has 152 valence electrons. The molecule has 1 atom stereocenters. The van der Waals surface area contributed by atoms with Crippen molar-refractivity contribution in [3.63, 3.8) is 0 Å². The highest BCUT2D eigenvalue weighted by Crippen LogP contribution is 2.27. The summed E-state index contributed by atoms with van der Waals surface area (Å²) in [4.78, 5) is 13.0. The zero-order chi connectivity index (χ0) is 21.1. The number of carbonyl (C=O) groups excluding carboxylic acids is 1. The molecule has 2 heterocycles. The summed E-state index contributed by atoms with van der Waals surface area (Å²) in [5.41, 5.74) is 4.18. The minimum Gasteiger partial charge on any atom is -0.497 e. The molecule has 7 nitrogen and oxygen atoms in total. The summed E-state index contributed by atoms with van der Waals surface area (Å²) in [5.74, 6) is 0.501. The molecule has 0 bridgehead atoms. The molecule has 7 heteroatoms. The Morgan fingerprint density at radius 2 is 1.87 bits per heavy atom. The van der Waals surface area contributed by atoms with Gasteiger partial charge in [-0.25, -0.2) is 0 Å². The van der Waals surface area contributed by atoms with E-state index < -0.39 is 0 Å². The van der Waals surface area contributed by atoms with Crippen LogP contribution in [-0.4, -0.2) is 28.0 Å². The second-order valence-corrected chi connectivity index (χ2v) is 6.94. The van der Waals surface area contributed by atoms with Gasteiger partial charge in [0.05, 0.1) is 19.3 Å².